The van der Waals surface area contributed by atoms with Gasteiger partial charge in [-0.3, -0.25) is 0 Å². The van der Waals surface area contributed by atoms with Crippen LogP contribution in [-0.4, -0.2) is 11.4 Å². The fourth-order valence-corrected chi connectivity index (χ4v) is 2.43. The number of halogens is 2. The molecule has 106 valence electrons. The number of hydrogen-bond acceptors (Lipinski definition) is 2. The van der Waals surface area contributed by atoms with E-state index in [-0.39, 0.29) is 0 Å². The van der Waals surface area contributed by atoms with E-state index in [1.54, 1.807) is 31.2 Å². The van der Waals surface area contributed by atoms with E-state index < -0.39 is 11.9 Å². The van der Waals surface area contributed by atoms with Gasteiger partial charge in [0.05, 0.1) is 0 Å². The normalized spacial score (nSPS) is 13.2. The maximum atomic E-state index is 9.65. The van der Waals surface area contributed by atoms with Gasteiger partial charge in [0.2, 0.25) is 0 Å². The van der Waals surface area contributed by atoms with Crippen molar-refractivity contribution in [2.24, 2.45) is 0 Å². The van der Waals surface area contributed by atoms with Crippen molar-refractivity contribution in [3.05, 3.63) is 69.7 Å². The molecule has 0 aliphatic rings. The third-order valence-electron chi connectivity index (χ3n) is 3.20. The largest absolute Gasteiger partial charge is 0.368 e. The molecule has 0 fully saturated rings. The summed E-state index contributed by atoms with van der Waals surface area (Å²) in [4.78, 5) is 0. The lowest BCUT2D eigenvalue weighted by Crippen LogP contribution is -2.31. The van der Waals surface area contributed by atoms with Crippen LogP contribution in [0, 0.1) is 0 Å². The first-order valence-electron chi connectivity index (χ1n) is 6.30. The third kappa shape index (κ3) is 3.33. The van der Waals surface area contributed by atoms with Gasteiger partial charge in [0, 0.05) is 10.0 Å². The lowest BCUT2D eigenvalue weighted by Gasteiger charge is -2.32. The van der Waals surface area contributed by atoms with Crippen molar-refractivity contribution < 1.29 is 9.84 Å². The maximum Gasteiger partial charge on any atom is 0.153 e. The number of aliphatic hydroxyl groups excluding tert-OH is 1. The highest BCUT2D eigenvalue weighted by atomic mass is 35.5. The van der Waals surface area contributed by atoms with E-state index in [1.807, 2.05) is 31.2 Å². The van der Waals surface area contributed by atoms with Crippen molar-refractivity contribution in [3.8, 4) is 0 Å². The van der Waals surface area contributed by atoms with Crippen molar-refractivity contribution >= 4 is 23.2 Å². The topological polar surface area (TPSA) is 29.5 Å². The zero-order valence-corrected chi connectivity index (χ0v) is 12.8. The molecule has 2 aromatic rings. The second-order valence-electron chi connectivity index (χ2n) is 4.76. The molecule has 0 aliphatic carbocycles. The Kier molecular flexibility index (Phi) is 4.71. The first-order chi connectivity index (χ1) is 9.41. The molecule has 0 aliphatic heterocycles. The molecule has 2 nitrogen and oxygen atoms in total. The highest BCUT2D eigenvalue weighted by molar-refractivity contribution is 6.30. The molecular formula is C16H16Cl2O2. The quantitative estimate of drug-likeness (QED) is 0.835. The van der Waals surface area contributed by atoms with Crippen LogP contribution in [0.25, 0.3) is 0 Å². The van der Waals surface area contributed by atoms with Crippen molar-refractivity contribution in [1.29, 1.82) is 0 Å². The second-order valence-corrected chi connectivity index (χ2v) is 5.64. The number of ether oxygens (including phenoxy) is 1. The van der Waals surface area contributed by atoms with Crippen molar-refractivity contribution in [3.63, 3.8) is 0 Å². The molecule has 0 saturated heterocycles. The zero-order chi connectivity index (χ0) is 14.8. The molecule has 0 heterocycles. The van der Waals surface area contributed by atoms with Gasteiger partial charge >= 0.3 is 0 Å². The summed E-state index contributed by atoms with van der Waals surface area (Å²) in [7, 11) is 0. The fraction of sp³-hybridized carbons (Fsp3) is 0.250. The molecule has 0 bridgehead atoms. The Bertz CT molecular complexity index is 517. The Morgan fingerprint density at radius 2 is 1.25 bits per heavy atom. The lowest BCUT2D eigenvalue weighted by molar-refractivity contribution is -0.156. The molecule has 2 aromatic carbocycles. The summed E-state index contributed by atoms with van der Waals surface area (Å²) in [5.74, 6) is 0. The van der Waals surface area contributed by atoms with E-state index >= 15 is 0 Å². The molecule has 1 N–H and O–H groups in total. The summed E-state index contributed by atoms with van der Waals surface area (Å²) in [6.45, 7) is 3.50. The SMILES string of the molecule is CC(O)OC(C)(c1ccc(Cl)cc1)c1ccc(Cl)cc1. The van der Waals surface area contributed by atoms with Crippen LogP contribution >= 0.6 is 23.2 Å². The van der Waals surface area contributed by atoms with Crippen LogP contribution in [0.3, 0.4) is 0 Å². The smallest absolute Gasteiger partial charge is 0.153 e. The minimum atomic E-state index is -0.897. The first kappa shape index (κ1) is 15.3. The average Bonchev–Trinajstić information content (AvgIpc) is 2.39. The zero-order valence-electron chi connectivity index (χ0n) is 11.3. The maximum absolute atomic E-state index is 9.65. The van der Waals surface area contributed by atoms with Gasteiger partial charge in [0.15, 0.2) is 6.29 Å². The van der Waals surface area contributed by atoms with Gasteiger partial charge in [-0.2, -0.15) is 0 Å². The minimum absolute atomic E-state index is 0.657. The van der Waals surface area contributed by atoms with Crippen LogP contribution in [-0.2, 0) is 10.3 Å². The van der Waals surface area contributed by atoms with Crippen LogP contribution in [0.15, 0.2) is 48.5 Å². The molecule has 4 heteroatoms. The molecule has 2 rings (SSSR count). The Morgan fingerprint density at radius 1 is 0.900 bits per heavy atom. The molecule has 20 heavy (non-hydrogen) atoms. The fourth-order valence-electron chi connectivity index (χ4n) is 2.18. The third-order valence-corrected chi connectivity index (χ3v) is 3.70. The van der Waals surface area contributed by atoms with Crippen LogP contribution in [0.2, 0.25) is 10.0 Å². The molecule has 0 spiro atoms. The molecule has 0 radical (unpaired) electrons. The van der Waals surface area contributed by atoms with Gasteiger partial charge in [-0.25, -0.2) is 0 Å². The molecular weight excluding hydrogens is 295 g/mol. The second kappa shape index (κ2) is 6.15. The monoisotopic (exact) mass is 310 g/mol. The first-order valence-corrected chi connectivity index (χ1v) is 7.05. The Labute approximate surface area is 128 Å². The van der Waals surface area contributed by atoms with E-state index in [4.69, 9.17) is 27.9 Å². The lowest BCUT2D eigenvalue weighted by atomic mass is 9.88. The Morgan fingerprint density at radius 3 is 1.55 bits per heavy atom. The minimum Gasteiger partial charge on any atom is -0.368 e. The number of benzene rings is 2. The summed E-state index contributed by atoms with van der Waals surface area (Å²) >= 11 is 11.9. The van der Waals surface area contributed by atoms with E-state index in [0.29, 0.717) is 10.0 Å². The van der Waals surface area contributed by atoms with E-state index in [0.717, 1.165) is 11.1 Å². The molecule has 1 atom stereocenters. The van der Waals surface area contributed by atoms with E-state index in [2.05, 4.69) is 0 Å². The number of hydrogen-bond donors (Lipinski definition) is 1. The molecule has 0 amide bonds. The van der Waals surface area contributed by atoms with Gasteiger partial charge in [-0.05, 0) is 49.2 Å². The van der Waals surface area contributed by atoms with Gasteiger partial charge in [0.25, 0.3) is 0 Å². The van der Waals surface area contributed by atoms with Crippen molar-refractivity contribution in [2.75, 3.05) is 0 Å². The predicted octanol–water partition coefficient (Wildman–Crippen LogP) is 4.61. The summed E-state index contributed by atoms with van der Waals surface area (Å²) < 4.78 is 5.76. The van der Waals surface area contributed by atoms with Gasteiger partial charge in [-0.1, -0.05) is 47.5 Å². The summed E-state index contributed by atoms with van der Waals surface area (Å²) in [5.41, 5.74) is 1.04. The van der Waals surface area contributed by atoms with Gasteiger partial charge in [-0.15, -0.1) is 0 Å². The molecule has 0 saturated carbocycles. The molecule has 0 aromatic heterocycles. The highest BCUT2D eigenvalue weighted by Gasteiger charge is 2.31. The van der Waals surface area contributed by atoms with Crippen LogP contribution in [0.5, 0.6) is 0 Å². The molecule has 1 unspecified atom stereocenters. The van der Waals surface area contributed by atoms with Gasteiger partial charge < -0.3 is 9.84 Å². The van der Waals surface area contributed by atoms with E-state index in [9.17, 15) is 5.11 Å². The number of aliphatic hydroxyl groups is 1. The van der Waals surface area contributed by atoms with Crippen LogP contribution in [0.1, 0.15) is 25.0 Å². The number of rotatable bonds is 4. The summed E-state index contributed by atoms with van der Waals surface area (Å²) in [6, 6.07) is 14.8. The van der Waals surface area contributed by atoms with E-state index in [1.165, 1.54) is 0 Å². The Hall–Kier alpha value is -1.06. The Balaban J connectivity index is 2.49. The summed E-state index contributed by atoms with van der Waals surface area (Å²) in [6.07, 6.45) is -0.897. The predicted molar refractivity (Wildman–Crippen MR) is 82.1 cm³/mol. The summed E-state index contributed by atoms with van der Waals surface area (Å²) in [5, 5.41) is 11.0. The van der Waals surface area contributed by atoms with Crippen LogP contribution < -0.4 is 0 Å². The van der Waals surface area contributed by atoms with Crippen molar-refractivity contribution in [1.82, 2.24) is 0 Å². The highest BCUT2D eigenvalue weighted by Crippen LogP contribution is 2.35. The van der Waals surface area contributed by atoms with Gasteiger partial charge in [0.1, 0.15) is 5.60 Å². The average molecular weight is 311 g/mol. The standard InChI is InChI=1S/C16H16Cl2O2/c1-11(19)20-16(2,12-3-7-14(17)8-4-12)13-5-9-15(18)10-6-13/h3-11,19H,1-2H3. The van der Waals surface area contributed by atoms with Crippen LogP contribution in [0.4, 0.5) is 0 Å². The van der Waals surface area contributed by atoms with Crippen molar-refractivity contribution in [2.45, 2.75) is 25.7 Å².